The first-order valence-corrected chi connectivity index (χ1v) is 6.47. The van der Waals surface area contributed by atoms with Gasteiger partial charge < -0.3 is 5.73 Å². The second-order valence-electron chi connectivity index (χ2n) is 3.93. The van der Waals surface area contributed by atoms with Gasteiger partial charge in [-0.2, -0.15) is 0 Å². The zero-order valence-corrected chi connectivity index (χ0v) is 10.9. The van der Waals surface area contributed by atoms with E-state index in [1.807, 2.05) is 12.3 Å². The second-order valence-corrected chi connectivity index (χ2v) is 5.28. The molecule has 0 radical (unpaired) electrons. The van der Waals surface area contributed by atoms with Crippen LogP contribution in [0.1, 0.15) is 11.9 Å². The van der Waals surface area contributed by atoms with Crippen LogP contribution < -0.4 is 5.73 Å². The molecule has 2 N–H and O–H groups in total. The highest BCUT2D eigenvalue weighted by molar-refractivity contribution is 7.10. The van der Waals surface area contributed by atoms with Crippen molar-refractivity contribution in [3.63, 3.8) is 0 Å². The maximum atomic E-state index is 12.9. The summed E-state index contributed by atoms with van der Waals surface area (Å²) in [6.07, 6.45) is 0.740. The molecule has 0 spiro atoms. The number of halogens is 2. The number of hydrogen-bond acceptors (Lipinski definition) is 3. The predicted molar refractivity (Wildman–Crippen MR) is 69.9 cm³/mol. The lowest BCUT2D eigenvalue weighted by molar-refractivity contribution is 0.628. The molecule has 0 saturated carbocycles. The summed E-state index contributed by atoms with van der Waals surface area (Å²) in [5.74, 6) is -0.343. The van der Waals surface area contributed by atoms with Crippen LogP contribution in [0, 0.1) is 5.82 Å². The van der Waals surface area contributed by atoms with E-state index >= 15 is 0 Å². The van der Waals surface area contributed by atoms with Gasteiger partial charge in [0.05, 0.1) is 15.7 Å². The summed E-state index contributed by atoms with van der Waals surface area (Å²) in [6.45, 7) is 1.94. The molecule has 1 atom stereocenters. The first kappa shape index (κ1) is 12.5. The predicted octanol–water partition coefficient (Wildman–Crippen LogP) is 3.49. The van der Waals surface area contributed by atoms with Crippen LogP contribution in [-0.4, -0.2) is 11.0 Å². The van der Waals surface area contributed by atoms with Gasteiger partial charge in [0, 0.05) is 23.4 Å². The molecular weight excluding hydrogens is 259 g/mol. The van der Waals surface area contributed by atoms with Crippen molar-refractivity contribution >= 4 is 22.9 Å². The third kappa shape index (κ3) is 3.03. The van der Waals surface area contributed by atoms with Crippen molar-refractivity contribution < 1.29 is 4.39 Å². The second kappa shape index (κ2) is 5.12. The van der Waals surface area contributed by atoms with Gasteiger partial charge >= 0.3 is 0 Å². The molecule has 0 aliphatic carbocycles. The molecule has 1 unspecified atom stereocenters. The van der Waals surface area contributed by atoms with Crippen molar-refractivity contribution in [2.24, 2.45) is 5.73 Å². The highest BCUT2D eigenvalue weighted by Gasteiger charge is 2.10. The Morgan fingerprint density at radius 3 is 2.94 bits per heavy atom. The van der Waals surface area contributed by atoms with Gasteiger partial charge in [-0.1, -0.05) is 11.6 Å². The Hall–Kier alpha value is -0.970. The highest BCUT2D eigenvalue weighted by atomic mass is 35.5. The molecule has 0 aliphatic rings. The van der Waals surface area contributed by atoms with Crippen molar-refractivity contribution in [3.05, 3.63) is 39.4 Å². The lowest BCUT2D eigenvalue weighted by Crippen LogP contribution is -2.17. The van der Waals surface area contributed by atoms with Gasteiger partial charge in [0.1, 0.15) is 5.82 Å². The quantitative estimate of drug-likeness (QED) is 0.927. The van der Waals surface area contributed by atoms with Crippen LogP contribution in [-0.2, 0) is 6.42 Å². The Morgan fingerprint density at radius 2 is 2.29 bits per heavy atom. The van der Waals surface area contributed by atoms with Crippen molar-refractivity contribution in [1.82, 2.24) is 4.98 Å². The van der Waals surface area contributed by atoms with Gasteiger partial charge in [-0.25, -0.2) is 9.37 Å². The molecule has 1 aromatic heterocycles. The van der Waals surface area contributed by atoms with E-state index in [1.54, 1.807) is 17.4 Å². The van der Waals surface area contributed by atoms with Crippen LogP contribution in [0.5, 0.6) is 0 Å². The lowest BCUT2D eigenvalue weighted by atomic mass is 10.2. The van der Waals surface area contributed by atoms with Gasteiger partial charge in [0.25, 0.3) is 0 Å². The molecule has 0 aliphatic heterocycles. The van der Waals surface area contributed by atoms with Crippen molar-refractivity contribution in [3.8, 4) is 11.3 Å². The minimum Gasteiger partial charge on any atom is -0.328 e. The number of thiazole rings is 1. The van der Waals surface area contributed by atoms with Crippen LogP contribution in [0.3, 0.4) is 0 Å². The Labute approximate surface area is 108 Å². The lowest BCUT2D eigenvalue weighted by Gasteiger charge is -2.01. The largest absolute Gasteiger partial charge is 0.328 e. The van der Waals surface area contributed by atoms with Crippen LogP contribution in [0.25, 0.3) is 11.3 Å². The van der Waals surface area contributed by atoms with Gasteiger partial charge in [0.2, 0.25) is 0 Å². The number of hydrogen-bond donors (Lipinski definition) is 1. The van der Waals surface area contributed by atoms with E-state index in [2.05, 4.69) is 4.98 Å². The highest BCUT2D eigenvalue weighted by Crippen LogP contribution is 2.29. The molecule has 0 amide bonds. The third-order valence-corrected chi connectivity index (χ3v) is 3.44. The Balaban J connectivity index is 2.30. The van der Waals surface area contributed by atoms with E-state index < -0.39 is 0 Å². The zero-order chi connectivity index (χ0) is 12.4. The molecule has 5 heteroatoms. The first-order chi connectivity index (χ1) is 8.06. The molecule has 0 bridgehead atoms. The number of rotatable bonds is 3. The fraction of sp³-hybridized carbons (Fsp3) is 0.250. The van der Waals surface area contributed by atoms with Crippen LogP contribution in [0.4, 0.5) is 4.39 Å². The monoisotopic (exact) mass is 270 g/mol. The van der Waals surface area contributed by atoms with Gasteiger partial charge in [-0.3, -0.25) is 0 Å². The van der Waals surface area contributed by atoms with E-state index in [-0.39, 0.29) is 11.9 Å². The standard InChI is InChI=1S/C12H12ClFN2S/c1-7(15)4-12-16-11(6-17-12)9-3-2-8(14)5-10(9)13/h2-3,5-7H,4,15H2,1H3. The van der Waals surface area contributed by atoms with Gasteiger partial charge in [-0.15, -0.1) is 11.3 Å². The number of nitrogens with zero attached hydrogens (tertiary/aromatic N) is 1. The Morgan fingerprint density at radius 1 is 1.53 bits per heavy atom. The van der Waals surface area contributed by atoms with Gasteiger partial charge in [-0.05, 0) is 25.1 Å². The third-order valence-electron chi connectivity index (χ3n) is 2.26. The molecule has 17 heavy (non-hydrogen) atoms. The molecule has 0 fully saturated rings. The van der Waals surface area contributed by atoms with Crippen molar-refractivity contribution in [1.29, 1.82) is 0 Å². The first-order valence-electron chi connectivity index (χ1n) is 5.21. The smallest absolute Gasteiger partial charge is 0.124 e. The average Bonchev–Trinajstić information content (AvgIpc) is 2.65. The maximum absolute atomic E-state index is 12.9. The van der Waals surface area contributed by atoms with E-state index in [1.165, 1.54) is 12.1 Å². The molecule has 90 valence electrons. The maximum Gasteiger partial charge on any atom is 0.124 e. The molecular formula is C12H12ClFN2S. The molecule has 2 nitrogen and oxygen atoms in total. The van der Waals surface area contributed by atoms with E-state index in [0.29, 0.717) is 5.02 Å². The molecule has 0 saturated heterocycles. The van der Waals surface area contributed by atoms with Crippen molar-refractivity contribution in [2.75, 3.05) is 0 Å². The summed E-state index contributed by atoms with van der Waals surface area (Å²) in [6, 6.07) is 4.40. The van der Waals surface area contributed by atoms with E-state index in [4.69, 9.17) is 17.3 Å². The summed E-state index contributed by atoms with van der Waals surface area (Å²) < 4.78 is 12.9. The Kier molecular flexibility index (Phi) is 3.76. The molecule has 2 aromatic rings. The summed E-state index contributed by atoms with van der Waals surface area (Å²) >= 11 is 7.52. The minimum atomic E-state index is -0.343. The summed E-state index contributed by atoms with van der Waals surface area (Å²) in [7, 11) is 0. The molecule has 1 heterocycles. The number of nitrogens with two attached hydrogens (primary N) is 1. The molecule has 1 aromatic carbocycles. The average molecular weight is 271 g/mol. The van der Waals surface area contributed by atoms with Crippen LogP contribution in [0.15, 0.2) is 23.6 Å². The summed E-state index contributed by atoms with van der Waals surface area (Å²) in [4.78, 5) is 4.44. The van der Waals surface area contributed by atoms with E-state index in [0.717, 1.165) is 22.7 Å². The van der Waals surface area contributed by atoms with Gasteiger partial charge in [0.15, 0.2) is 0 Å². The minimum absolute atomic E-state index is 0.0812. The Bertz CT molecular complexity index is 525. The summed E-state index contributed by atoms with van der Waals surface area (Å²) in [5, 5.41) is 3.26. The fourth-order valence-electron chi connectivity index (χ4n) is 1.50. The SMILES string of the molecule is CC(N)Cc1nc(-c2ccc(F)cc2Cl)cs1. The fourth-order valence-corrected chi connectivity index (χ4v) is 2.70. The summed E-state index contributed by atoms with van der Waals surface area (Å²) in [5.41, 5.74) is 7.24. The normalized spacial score (nSPS) is 12.7. The molecule has 2 rings (SSSR count). The van der Waals surface area contributed by atoms with E-state index in [9.17, 15) is 4.39 Å². The van der Waals surface area contributed by atoms with Crippen molar-refractivity contribution in [2.45, 2.75) is 19.4 Å². The number of benzene rings is 1. The number of aromatic nitrogens is 1. The zero-order valence-electron chi connectivity index (χ0n) is 9.28. The van der Waals surface area contributed by atoms with Crippen LogP contribution >= 0.6 is 22.9 Å². The van der Waals surface area contributed by atoms with Crippen LogP contribution in [0.2, 0.25) is 5.02 Å². The topological polar surface area (TPSA) is 38.9 Å².